The largest absolute Gasteiger partial charge is 0.311 e. The average Bonchev–Trinajstić information content (AvgIpc) is 4.08. The van der Waals surface area contributed by atoms with E-state index in [4.69, 9.17) is 0 Å². The molecular weight excluding hydrogens is 942 g/mol. The van der Waals surface area contributed by atoms with Crippen LogP contribution in [0.1, 0.15) is 58.2 Å². The van der Waals surface area contributed by atoms with Gasteiger partial charge in [-0.1, -0.05) is 157 Å². The maximum absolute atomic E-state index is 11.1. The number of aromatic nitrogens is 1. The summed E-state index contributed by atoms with van der Waals surface area (Å²) in [7, 11) is 0. The van der Waals surface area contributed by atoms with E-state index in [9.17, 15) is 5.26 Å². The molecular formula is C69H52BN5S. The van der Waals surface area contributed by atoms with Gasteiger partial charge >= 0.3 is 0 Å². The van der Waals surface area contributed by atoms with Crippen molar-refractivity contribution in [2.24, 2.45) is 0 Å². The summed E-state index contributed by atoms with van der Waals surface area (Å²) in [6.07, 6.45) is 0. The van der Waals surface area contributed by atoms with E-state index in [-0.39, 0.29) is 17.5 Å². The van der Waals surface area contributed by atoms with Gasteiger partial charge in [0.05, 0.1) is 39.7 Å². The lowest BCUT2D eigenvalue weighted by Gasteiger charge is -2.46. The number of para-hydroxylation sites is 3. The van der Waals surface area contributed by atoms with Crippen molar-refractivity contribution >= 4 is 128 Å². The minimum Gasteiger partial charge on any atom is -0.311 e. The van der Waals surface area contributed by atoms with Crippen LogP contribution < -0.4 is 31.1 Å². The molecule has 15 rings (SSSR count). The smallest absolute Gasteiger partial charge is 0.252 e. The summed E-state index contributed by atoms with van der Waals surface area (Å²) in [5.41, 5.74) is 22.4. The molecule has 3 aliphatic rings. The van der Waals surface area contributed by atoms with Crippen LogP contribution in [0.3, 0.4) is 0 Å². The molecule has 5 heterocycles. The lowest BCUT2D eigenvalue weighted by atomic mass is 9.33. The Kier molecular flexibility index (Phi) is 9.45. The standard InChI is InChI=1S/C69H52BN5S/c1-68(2,3)44-26-32-46(33-27-44)72(47-34-28-45(29-35-47)69(4,5)6)49-36-37-54-59(40-49)73(48-30-24-43(25-31-48)50-16-12-23-63-64(50)53-15-8-10-22-62(53)76-63)60-38-42(41-71)39-61-65(60)70(54)55-18-13-21-58-67(55)75(61)57-20-11-17-52-51-14-7-9-19-56(51)74(58)66(52)57/h7-40H,1-6H3. The van der Waals surface area contributed by atoms with Gasteiger partial charge in [0.15, 0.2) is 0 Å². The molecule has 0 saturated carbocycles. The second-order valence-corrected chi connectivity index (χ2v) is 24.0. The lowest BCUT2D eigenvalue weighted by Crippen LogP contribution is -2.61. The number of benzene rings is 10. The highest BCUT2D eigenvalue weighted by molar-refractivity contribution is 7.26. The molecule has 5 nitrogen and oxygen atoms in total. The number of rotatable bonds is 5. The van der Waals surface area contributed by atoms with Crippen molar-refractivity contribution in [1.82, 2.24) is 4.57 Å². The number of nitriles is 1. The summed E-state index contributed by atoms with van der Waals surface area (Å²) in [6, 6.07) is 79.2. The summed E-state index contributed by atoms with van der Waals surface area (Å²) in [5, 5.41) is 16.2. The molecule has 0 amide bonds. The van der Waals surface area contributed by atoms with E-state index in [0.29, 0.717) is 5.56 Å². The maximum atomic E-state index is 11.1. The van der Waals surface area contributed by atoms with Crippen LogP contribution in [0.2, 0.25) is 0 Å². The topological polar surface area (TPSA) is 38.4 Å². The molecule has 0 saturated heterocycles. The monoisotopic (exact) mass is 993 g/mol. The van der Waals surface area contributed by atoms with Gasteiger partial charge in [-0.25, -0.2) is 0 Å². The van der Waals surface area contributed by atoms with Gasteiger partial charge in [0.25, 0.3) is 6.71 Å². The van der Waals surface area contributed by atoms with Gasteiger partial charge in [0.2, 0.25) is 0 Å². The van der Waals surface area contributed by atoms with Crippen LogP contribution in [0.5, 0.6) is 0 Å². The third kappa shape index (κ3) is 6.44. The van der Waals surface area contributed by atoms with Crippen LogP contribution in [0.15, 0.2) is 206 Å². The fraction of sp³-hybridized carbons (Fsp3) is 0.116. The summed E-state index contributed by atoms with van der Waals surface area (Å²) < 4.78 is 5.06. The van der Waals surface area contributed by atoms with Crippen molar-refractivity contribution < 1.29 is 0 Å². The number of thiophene rings is 1. The molecule has 12 aromatic rings. The zero-order valence-corrected chi connectivity index (χ0v) is 44.2. The summed E-state index contributed by atoms with van der Waals surface area (Å²) >= 11 is 1.85. The number of anilines is 9. The predicted molar refractivity (Wildman–Crippen MR) is 323 cm³/mol. The van der Waals surface area contributed by atoms with Crippen molar-refractivity contribution in [3.8, 4) is 22.9 Å². The maximum Gasteiger partial charge on any atom is 0.252 e. The van der Waals surface area contributed by atoms with Gasteiger partial charge in [-0.2, -0.15) is 5.26 Å². The third-order valence-corrected chi connectivity index (χ3v) is 17.6. The highest BCUT2D eigenvalue weighted by Crippen LogP contribution is 2.53. The van der Waals surface area contributed by atoms with Crippen LogP contribution in [0.25, 0.3) is 58.8 Å². The highest BCUT2D eigenvalue weighted by atomic mass is 32.1. The predicted octanol–water partition coefficient (Wildman–Crippen LogP) is 17.2. The first kappa shape index (κ1) is 44.6. The van der Waals surface area contributed by atoms with Crippen LogP contribution in [-0.4, -0.2) is 11.3 Å². The fourth-order valence-corrected chi connectivity index (χ4v) is 14.0. The van der Waals surface area contributed by atoms with E-state index in [0.717, 1.165) is 62.4 Å². The average molecular weight is 994 g/mol. The third-order valence-electron chi connectivity index (χ3n) is 16.4. The van der Waals surface area contributed by atoms with Crippen LogP contribution in [0, 0.1) is 11.3 Å². The minimum absolute atomic E-state index is 0.00680. The first-order valence-corrected chi connectivity index (χ1v) is 27.2. The van der Waals surface area contributed by atoms with Crippen molar-refractivity contribution in [1.29, 1.82) is 5.26 Å². The van der Waals surface area contributed by atoms with Gasteiger partial charge in [0, 0.05) is 70.8 Å². The minimum atomic E-state index is -0.138. The molecule has 0 spiro atoms. The summed E-state index contributed by atoms with van der Waals surface area (Å²) in [5.74, 6) is 0. The number of nitrogens with zero attached hydrogens (tertiary/aromatic N) is 5. The van der Waals surface area contributed by atoms with Crippen molar-refractivity contribution in [3.05, 3.63) is 223 Å². The SMILES string of the molecule is CC(C)(C)c1ccc(N(c2ccc(C(C)(C)C)cc2)c2ccc3c(c2)N(c2ccc(-c4cccc5sc6ccccc6c45)cc2)c2cc(C#N)cc4c2B3c2cccc3c2N4c2cccc4c5ccccc5n-3c24)cc1. The molecule has 10 aromatic carbocycles. The Hall–Kier alpha value is -8.83. The molecule has 0 fully saturated rings. The number of hydrogen-bond donors (Lipinski definition) is 0. The lowest BCUT2D eigenvalue weighted by molar-refractivity contribution is 0.590. The quantitative estimate of drug-likeness (QED) is 0.161. The first-order valence-electron chi connectivity index (χ1n) is 26.4. The molecule has 76 heavy (non-hydrogen) atoms. The van der Waals surface area contributed by atoms with Gasteiger partial charge in [-0.05, 0) is 140 Å². The van der Waals surface area contributed by atoms with Gasteiger partial charge in [-0.3, -0.25) is 0 Å². The van der Waals surface area contributed by atoms with Gasteiger partial charge in [-0.15, -0.1) is 11.3 Å². The van der Waals surface area contributed by atoms with Crippen LogP contribution >= 0.6 is 11.3 Å². The Morgan fingerprint density at radius 2 is 1.09 bits per heavy atom. The summed E-state index contributed by atoms with van der Waals surface area (Å²) in [4.78, 5) is 7.32. The van der Waals surface area contributed by atoms with E-state index >= 15 is 0 Å². The van der Waals surface area contributed by atoms with E-state index in [1.54, 1.807) is 0 Å². The van der Waals surface area contributed by atoms with E-state index in [2.05, 4.69) is 273 Å². The second kappa shape index (κ2) is 16.1. The molecule has 2 aromatic heterocycles. The first-order chi connectivity index (χ1) is 36.9. The molecule has 3 aliphatic heterocycles. The Bertz CT molecular complexity index is 4390. The van der Waals surface area contributed by atoms with E-state index in [1.165, 1.54) is 75.1 Å². The second-order valence-electron chi connectivity index (χ2n) is 22.9. The van der Waals surface area contributed by atoms with Crippen molar-refractivity contribution in [2.45, 2.75) is 52.4 Å². The van der Waals surface area contributed by atoms with E-state index < -0.39 is 0 Å². The van der Waals surface area contributed by atoms with Crippen molar-refractivity contribution in [2.75, 3.05) is 14.7 Å². The zero-order valence-electron chi connectivity index (χ0n) is 43.4. The van der Waals surface area contributed by atoms with Gasteiger partial charge in [0.1, 0.15) is 0 Å². The molecule has 0 radical (unpaired) electrons. The molecule has 362 valence electrons. The Morgan fingerprint density at radius 3 is 1.80 bits per heavy atom. The molecule has 0 N–H and O–H groups in total. The highest BCUT2D eigenvalue weighted by Gasteiger charge is 2.46. The molecule has 7 heteroatoms. The Balaban J connectivity index is 0.990. The molecule has 0 atom stereocenters. The Morgan fingerprint density at radius 1 is 0.487 bits per heavy atom. The van der Waals surface area contributed by atoms with Crippen LogP contribution in [0.4, 0.5) is 51.2 Å². The fourth-order valence-electron chi connectivity index (χ4n) is 12.8. The zero-order chi connectivity index (χ0) is 51.4. The number of hydrogen-bond acceptors (Lipinski definition) is 5. The molecule has 0 bridgehead atoms. The Labute approximate surface area is 447 Å². The molecule has 0 aliphatic carbocycles. The normalized spacial score (nSPS) is 13.3. The molecule has 0 unspecified atom stereocenters. The van der Waals surface area contributed by atoms with Crippen LogP contribution in [-0.2, 0) is 10.8 Å². The number of fused-ring (bicyclic) bond motifs is 12. The van der Waals surface area contributed by atoms with Gasteiger partial charge < -0.3 is 19.3 Å². The van der Waals surface area contributed by atoms with Crippen molar-refractivity contribution in [3.63, 3.8) is 0 Å². The summed E-state index contributed by atoms with van der Waals surface area (Å²) in [6.45, 7) is 13.5. The van der Waals surface area contributed by atoms with E-state index in [1.807, 2.05) is 11.3 Å².